The van der Waals surface area contributed by atoms with Crippen LogP contribution in [0.5, 0.6) is 0 Å². The van der Waals surface area contributed by atoms with Gasteiger partial charge < -0.3 is 35.4 Å². The maximum absolute atomic E-state index is 10.4. The van der Waals surface area contributed by atoms with E-state index in [0.29, 0.717) is 13.0 Å². The lowest BCUT2D eigenvalue weighted by Crippen LogP contribution is -2.56. The standard InChI is InChI=1S/C12H19N3O5/c13-8-2-4-15(11(18)14-8)10-12(3-1-5-19-12)9(17)7(6-16)20-10/h2,4,7,9-11,16-18H,1,3,5-6H2,(H2,13,14)/t7?,9-,10?,11?,12+/m1/s1. The Hall–Kier alpha value is -1.19. The van der Waals surface area contributed by atoms with E-state index >= 15 is 0 Å². The van der Waals surface area contributed by atoms with Gasteiger partial charge in [-0.05, 0) is 18.9 Å². The molecule has 0 bridgehead atoms. The highest BCUT2D eigenvalue weighted by molar-refractivity contribution is 5.91. The molecule has 2 saturated heterocycles. The van der Waals surface area contributed by atoms with Gasteiger partial charge in [0.2, 0.25) is 6.35 Å². The lowest BCUT2D eigenvalue weighted by molar-refractivity contribution is -0.171. The first-order valence-electron chi connectivity index (χ1n) is 6.64. The predicted molar refractivity (Wildman–Crippen MR) is 68.3 cm³/mol. The highest BCUT2D eigenvalue weighted by atomic mass is 16.6. The summed E-state index contributed by atoms with van der Waals surface area (Å²) in [4.78, 5) is 5.29. The van der Waals surface area contributed by atoms with Crippen molar-refractivity contribution in [2.75, 3.05) is 13.2 Å². The summed E-state index contributed by atoms with van der Waals surface area (Å²) in [5, 5.41) is 29.7. The second-order valence-electron chi connectivity index (χ2n) is 5.22. The van der Waals surface area contributed by atoms with Crippen molar-refractivity contribution in [2.24, 2.45) is 10.7 Å². The molecule has 0 aromatic heterocycles. The second kappa shape index (κ2) is 4.97. The fraction of sp³-hybridized carbons (Fsp3) is 0.750. The Bertz CT molecular complexity index is 435. The molecule has 5 atom stereocenters. The molecule has 3 heterocycles. The molecule has 3 unspecified atom stereocenters. The Labute approximate surface area is 116 Å². The first-order chi connectivity index (χ1) is 9.58. The zero-order valence-corrected chi connectivity index (χ0v) is 10.9. The van der Waals surface area contributed by atoms with Crippen molar-refractivity contribution in [3.05, 3.63) is 12.3 Å². The Morgan fingerprint density at radius 1 is 1.50 bits per heavy atom. The Balaban J connectivity index is 1.90. The first kappa shape index (κ1) is 13.8. The molecule has 0 aromatic carbocycles. The fourth-order valence-corrected chi connectivity index (χ4v) is 3.07. The molecule has 0 aliphatic carbocycles. The third kappa shape index (κ3) is 1.92. The molecule has 2 fully saturated rings. The number of aliphatic imine (C=N–C) groups is 1. The van der Waals surface area contributed by atoms with Crippen LogP contribution in [0.1, 0.15) is 12.8 Å². The molecule has 3 rings (SSSR count). The summed E-state index contributed by atoms with van der Waals surface area (Å²) in [6.07, 6.45) is 0.853. The zero-order chi connectivity index (χ0) is 14.3. The molecule has 0 aromatic rings. The molecule has 8 heteroatoms. The number of hydrogen-bond donors (Lipinski definition) is 4. The molecule has 112 valence electrons. The summed E-state index contributed by atoms with van der Waals surface area (Å²) >= 11 is 0. The van der Waals surface area contributed by atoms with Crippen molar-refractivity contribution in [3.8, 4) is 0 Å². The molecule has 20 heavy (non-hydrogen) atoms. The van der Waals surface area contributed by atoms with Crippen molar-refractivity contribution >= 4 is 5.84 Å². The monoisotopic (exact) mass is 285 g/mol. The average molecular weight is 285 g/mol. The quantitative estimate of drug-likeness (QED) is 0.466. The number of aliphatic hydroxyl groups is 3. The van der Waals surface area contributed by atoms with E-state index in [9.17, 15) is 15.3 Å². The van der Waals surface area contributed by atoms with Crippen LogP contribution in [0.2, 0.25) is 0 Å². The van der Waals surface area contributed by atoms with Gasteiger partial charge in [-0.25, -0.2) is 4.99 Å². The van der Waals surface area contributed by atoms with Gasteiger partial charge in [-0.2, -0.15) is 0 Å². The second-order valence-corrected chi connectivity index (χ2v) is 5.22. The van der Waals surface area contributed by atoms with E-state index in [4.69, 9.17) is 15.2 Å². The molecule has 0 radical (unpaired) electrons. The summed E-state index contributed by atoms with van der Waals surface area (Å²) in [5.41, 5.74) is 4.57. The molecule has 1 spiro atoms. The molecule has 0 amide bonds. The van der Waals surface area contributed by atoms with Crippen LogP contribution in [0.3, 0.4) is 0 Å². The van der Waals surface area contributed by atoms with Crippen LogP contribution in [0.4, 0.5) is 0 Å². The number of aliphatic hydroxyl groups excluding tert-OH is 3. The smallest absolute Gasteiger partial charge is 0.229 e. The Morgan fingerprint density at radius 2 is 2.30 bits per heavy atom. The van der Waals surface area contributed by atoms with Crippen LogP contribution in [0, 0.1) is 0 Å². The molecule has 5 N–H and O–H groups in total. The summed E-state index contributed by atoms with van der Waals surface area (Å²) < 4.78 is 11.4. The first-order valence-corrected chi connectivity index (χ1v) is 6.64. The summed E-state index contributed by atoms with van der Waals surface area (Å²) in [6.45, 7) is 0.190. The van der Waals surface area contributed by atoms with Crippen molar-refractivity contribution in [2.45, 2.75) is 43.2 Å². The van der Waals surface area contributed by atoms with E-state index in [1.807, 2.05) is 0 Å². The van der Waals surface area contributed by atoms with Gasteiger partial charge in [0, 0.05) is 12.8 Å². The lowest BCUT2D eigenvalue weighted by atomic mass is 9.90. The normalized spacial score (nSPS) is 44.4. The van der Waals surface area contributed by atoms with E-state index in [1.54, 1.807) is 6.20 Å². The van der Waals surface area contributed by atoms with Crippen molar-refractivity contribution in [1.82, 2.24) is 4.90 Å². The van der Waals surface area contributed by atoms with E-state index < -0.39 is 30.4 Å². The molecule has 3 aliphatic heterocycles. The maximum Gasteiger partial charge on any atom is 0.229 e. The van der Waals surface area contributed by atoms with E-state index in [-0.39, 0.29) is 12.4 Å². The minimum atomic E-state index is -1.20. The van der Waals surface area contributed by atoms with Crippen LogP contribution < -0.4 is 5.73 Å². The predicted octanol–water partition coefficient (Wildman–Crippen LogP) is -1.92. The van der Waals surface area contributed by atoms with Crippen LogP contribution in [-0.2, 0) is 9.47 Å². The fourth-order valence-electron chi connectivity index (χ4n) is 3.07. The lowest BCUT2D eigenvalue weighted by Gasteiger charge is -2.39. The number of nitrogens with zero attached hydrogens (tertiary/aromatic N) is 2. The molecule has 0 saturated carbocycles. The van der Waals surface area contributed by atoms with Gasteiger partial charge in [0.15, 0.2) is 6.23 Å². The van der Waals surface area contributed by atoms with Gasteiger partial charge in [0.25, 0.3) is 0 Å². The van der Waals surface area contributed by atoms with E-state index in [0.717, 1.165) is 6.42 Å². The minimum absolute atomic E-state index is 0.215. The van der Waals surface area contributed by atoms with Gasteiger partial charge in [0.05, 0.1) is 6.61 Å². The highest BCUT2D eigenvalue weighted by Gasteiger charge is 2.61. The molecule has 3 aliphatic rings. The number of ether oxygens (including phenoxy) is 2. The number of nitrogens with two attached hydrogens (primary N) is 1. The number of hydrogen-bond acceptors (Lipinski definition) is 8. The van der Waals surface area contributed by atoms with Crippen molar-refractivity contribution in [1.29, 1.82) is 0 Å². The van der Waals surface area contributed by atoms with Crippen molar-refractivity contribution in [3.63, 3.8) is 0 Å². The molecular weight excluding hydrogens is 266 g/mol. The average Bonchev–Trinajstić information content (AvgIpc) is 3.00. The van der Waals surface area contributed by atoms with Gasteiger partial charge in [-0.1, -0.05) is 0 Å². The zero-order valence-electron chi connectivity index (χ0n) is 10.9. The third-order valence-electron chi connectivity index (χ3n) is 4.06. The Morgan fingerprint density at radius 3 is 2.90 bits per heavy atom. The SMILES string of the molecule is NC1=NC(O)N(C2OC(CO)[C@@H](O)[C@@]23CCCO3)C=C1. The summed E-state index contributed by atoms with van der Waals surface area (Å²) in [7, 11) is 0. The van der Waals surface area contributed by atoms with Gasteiger partial charge in [0.1, 0.15) is 23.6 Å². The Kier molecular flexibility index (Phi) is 3.43. The van der Waals surface area contributed by atoms with Gasteiger partial charge in [-0.15, -0.1) is 0 Å². The van der Waals surface area contributed by atoms with Crippen LogP contribution >= 0.6 is 0 Å². The van der Waals surface area contributed by atoms with E-state index in [1.165, 1.54) is 11.0 Å². The summed E-state index contributed by atoms with van der Waals surface area (Å²) in [6, 6.07) is 0. The maximum atomic E-state index is 10.4. The largest absolute Gasteiger partial charge is 0.394 e. The molecule has 8 nitrogen and oxygen atoms in total. The van der Waals surface area contributed by atoms with Crippen molar-refractivity contribution < 1.29 is 24.8 Å². The van der Waals surface area contributed by atoms with Crippen LogP contribution in [-0.4, -0.2) is 69.7 Å². The van der Waals surface area contributed by atoms with E-state index in [2.05, 4.69) is 4.99 Å². The molecular formula is C12H19N3O5. The van der Waals surface area contributed by atoms with Gasteiger partial charge in [-0.3, -0.25) is 0 Å². The van der Waals surface area contributed by atoms with Crippen LogP contribution in [0.25, 0.3) is 0 Å². The highest BCUT2D eigenvalue weighted by Crippen LogP contribution is 2.43. The van der Waals surface area contributed by atoms with Crippen LogP contribution in [0.15, 0.2) is 17.3 Å². The number of amidine groups is 1. The summed E-state index contributed by atoms with van der Waals surface area (Å²) in [5.74, 6) is 0.215. The number of rotatable bonds is 2. The minimum Gasteiger partial charge on any atom is -0.394 e. The van der Waals surface area contributed by atoms with Gasteiger partial charge >= 0.3 is 0 Å². The topological polar surface area (TPSA) is 121 Å². The third-order valence-corrected chi connectivity index (χ3v) is 4.06.